The van der Waals surface area contributed by atoms with Crippen molar-refractivity contribution in [2.24, 2.45) is 5.73 Å². The monoisotopic (exact) mass is 622 g/mol. The first kappa shape index (κ1) is 30.0. The van der Waals surface area contributed by atoms with E-state index in [9.17, 15) is 13.6 Å². The zero-order chi connectivity index (χ0) is 31.3. The number of aryl methyl sites for hydroxylation is 1. The number of amides is 1. The van der Waals surface area contributed by atoms with E-state index in [1.807, 2.05) is 89.5 Å². The van der Waals surface area contributed by atoms with Gasteiger partial charge in [-0.05, 0) is 72.0 Å². The average molecular weight is 623 g/mol. The van der Waals surface area contributed by atoms with Crippen LogP contribution in [-0.2, 0) is 17.8 Å². The van der Waals surface area contributed by atoms with Crippen LogP contribution in [0.4, 0.5) is 20.3 Å². The standard InChI is InChI=1S/C34H30BClF2N6O/c36-19-33(45)42-28-10-7-24(8-11-28)34-29-12-14-31(40-20-23-16-25(37)18-26(38)17-23)43(29)35-44-30(34)13-15-32(44)41-21-27(39)9-6-22-4-2-1-3-5-22/h1-5,7-8,10-18,21,40-41H,6,9,19-20,39H2,(H,42,45)/q+1. The molecule has 2 aliphatic rings. The van der Waals surface area contributed by atoms with Crippen LogP contribution in [-0.4, -0.2) is 34.1 Å². The van der Waals surface area contributed by atoms with E-state index in [1.165, 1.54) is 17.7 Å². The van der Waals surface area contributed by atoms with Gasteiger partial charge in [0, 0.05) is 41.0 Å². The largest absolute Gasteiger partial charge is 0.553 e. The summed E-state index contributed by atoms with van der Waals surface area (Å²) in [6.45, 7) is 0.223. The summed E-state index contributed by atoms with van der Waals surface area (Å²) < 4.78 is 31.7. The number of nitrogens with one attached hydrogen (secondary N) is 3. The fourth-order valence-electron chi connectivity index (χ4n) is 5.35. The Labute approximate surface area is 265 Å². The number of anilines is 2. The molecular weight excluding hydrogens is 593 g/mol. The molecule has 0 unspecified atom stereocenters. The number of benzene rings is 3. The van der Waals surface area contributed by atoms with Crippen molar-refractivity contribution in [3.8, 4) is 0 Å². The number of amidine groups is 1. The lowest BCUT2D eigenvalue weighted by molar-refractivity contribution is -0.315. The van der Waals surface area contributed by atoms with Crippen LogP contribution in [0.25, 0.3) is 5.57 Å². The molecule has 1 aromatic heterocycles. The van der Waals surface area contributed by atoms with Crippen molar-refractivity contribution < 1.29 is 18.1 Å². The number of nitrogens with two attached hydrogens (primary N) is 1. The Morgan fingerprint density at radius 2 is 1.71 bits per heavy atom. The summed E-state index contributed by atoms with van der Waals surface area (Å²) in [4.78, 5) is 11.8. The fraction of sp³-hybridized carbons (Fsp3) is 0.118. The number of aromatic nitrogens is 1. The van der Waals surface area contributed by atoms with E-state index in [2.05, 4.69) is 28.1 Å². The molecule has 0 saturated carbocycles. The van der Waals surface area contributed by atoms with Gasteiger partial charge in [0.25, 0.3) is 5.84 Å². The number of rotatable bonds is 10. The molecule has 3 heterocycles. The van der Waals surface area contributed by atoms with Crippen molar-refractivity contribution in [2.75, 3.05) is 16.5 Å². The summed E-state index contributed by atoms with van der Waals surface area (Å²) in [5.41, 5.74) is 13.1. The topological polar surface area (TPSA) is 87.1 Å². The molecule has 0 spiro atoms. The number of fused-ring (bicyclic) bond motifs is 2. The number of halogens is 3. The summed E-state index contributed by atoms with van der Waals surface area (Å²) in [5.74, 6) is -0.126. The van der Waals surface area contributed by atoms with Gasteiger partial charge in [0.15, 0.2) is 0 Å². The zero-order valence-corrected chi connectivity index (χ0v) is 25.0. The maximum Gasteiger partial charge on any atom is 0.553 e. The zero-order valence-electron chi connectivity index (χ0n) is 24.2. The fourth-order valence-corrected chi connectivity index (χ4v) is 5.42. The van der Waals surface area contributed by atoms with Crippen LogP contribution in [0, 0.1) is 11.6 Å². The average Bonchev–Trinajstić information content (AvgIpc) is 3.64. The minimum atomic E-state index is -0.624. The van der Waals surface area contributed by atoms with Crippen molar-refractivity contribution in [2.45, 2.75) is 19.4 Å². The van der Waals surface area contributed by atoms with Crippen LogP contribution in [0.1, 0.15) is 28.8 Å². The van der Waals surface area contributed by atoms with Gasteiger partial charge in [-0.1, -0.05) is 42.5 Å². The van der Waals surface area contributed by atoms with Gasteiger partial charge >= 0.3 is 7.55 Å². The summed E-state index contributed by atoms with van der Waals surface area (Å²) in [7, 11) is 1.95. The van der Waals surface area contributed by atoms with E-state index in [-0.39, 0.29) is 18.3 Å². The molecule has 6 rings (SSSR count). The van der Waals surface area contributed by atoms with Crippen molar-refractivity contribution in [3.63, 3.8) is 0 Å². The Hall–Kier alpha value is -5.09. The number of allylic oxidation sites excluding steroid dienone is 2. The molecule has 45 heavy (non-hydrogen) atoms. The third kappa shape index (κ3) is 6.86. The first-order valence-corrected chi connectivity index (χ1v) is 15.0. The molecule has 11 heteroatoms. The molecule has 4 aromatic rings. The van der Waals surface area contributed by atoms with Crippen molar-refractivity contribution >= 4 is 48.0 Å². The SMILES string of the molecule is NC(=CNc1ccc2n1[B][N+]1=C(NCc3cc(F)cc(F)c3)C=CC1=C2c1ccc(NC(=O)CCl)cc1)CCc1ccccc1. The lowest BCUT2D eigenvalue weighted by Gasteiger charge is -2.22. The first-order valence-electron chi connectivity index (χ1n) is 14.4. The molecule has 1 radical (unpaired) electrons. The second-order valence-corrected chi connectivity index (χ2v) is 10.9. The van der Waals surface area contributed by atoms with E-state index in [4.69, 9.17) is 17.3 Å². The lowest BCUT2D eigenvalue weighted by Crippen LogP contribution is -2.37. The van der Waals surface area contributed by atoms with Crippen molar-refractivity contribution in [3.05, 3.63) is 149 Å². The number of hydrogen-bond acceptors (Lipinski definition) is 4. The van der Waals surface area contributed by atoms with Gasteiger partial charge in [-0.15, -0.1) is 11.6 Å². The minimum absolute atomic E-state index is 0.130. The molecule has 0 aliphatic carbocycles. The van der Waals surface area contributed by atoms with Crippen LogP contribution >= 0.6 is 11.6 Å². The molecule has 0 bridgehead atoms. The van der Waals surface area contributed by atoms with Crippen molar-refractivity contribution in [1.82, 2.24) is 9.79 Å². The number of alkyl halides is 1. The van der Waals surface area contributed by atoms with Crippen LogP contribution in [0.15, 0.2) is 115 Å². The highest BCUT2D eigenvalue weighted by molar-refractivity contribution is 6.30. The Morgan fingerprint density at radius 1 is 0.956 bits per heavy atom. The number of nitrogens with zero attached hydrogens (tertiary/aromatic N) is 2. The molecule has 2 aliphatic heterocycles. The second-order valence-electron chi connectivity index (χ2n) is 10.7. The molecule has 5 N–H and O–H groups in total. The number of carbonyl (C=O) groups excluding carboxylic acids is 1. The molecule has 1 amide bonds. The van der Waals surface area contributed by atoms with Crippen LogP contribution in [0.2, 0.25) is 0 Å². The van der Waals surface area contributed by atoms with Crippen LogP contribution in [0.3, 0.4) is 0 Å². The van der Waals surface area contributed by atoms with E-state index < -0.39 is 11.6 Å². The maximum atomic E-state index is 13.8. The molecule has 0 saturated heterocycles. The van der Waals surface area contributed by atoms with Crippen LogP contribution < -0.4 is 21.7 Å². The maximum absolute atomic E-state index is 13.8. The highest BCUT2D eigenvalue weighted by Crippen LogP contribution is 2.36. The molecule has 0 atom stereocenters. The second kappa shape index (κ2) is 13.3. The molecule has 3 aromatic carbocycles. The first-order chi connectivity index (χ1) is 21.9. The Kier molecular flexibility index (Phi) is 8.84. The molecule has 0 fully saturated rings. The predicted molar refractivity (Wildman–Crippen MR) is 176 cm³/mol. The summed E-state index contributed by atoms with van der Waals surface area (Å²) in [6, 6.07) is 25.2. The highest BCUT2D eigenvalue weighted by atomic mass is 35.5. The van der Waals surface area contributed by atoms with Gasteiger partial charge in [-0.3, -0.25) is 14.6 Å². The smallest absolute Gasteiger partial charge is 0.401 e. The molecule has 7 nitrogen and oxygen atoms in total. The normalized spacial score (nSPS) is 13.8. The predicted octanol–water partition coefficient (Wildman–Crippen LogP) is 5.71. The van der Waals surface area contributed by atoms with E-state index in [0.717, 1.165) is 52.4 Å². The Morgan fingerprint density at radius 3 is 2.44 bits per heavy atom. The lowest BCUT2D eigenvalue weighted by atomic mass is 9.92. The Balaban J connectivity index is 1.31. The third-order valence-electron chi connectivity index (χ3n) is 7.50. The van der Waals surface area contributed by atoms with E-state index >= 15 is 0 Å². The van der Waals surface area contributed by atoms with Crippen LogP contribution in [0.5, 0.6) is 0 Å². The Bertz CT molecular complexity index is 1840. The summed E-state index contributed by atoms with van der Waals surface area (Å²) in [6.07, 6.45) is 7.27. The number of hydrogen-bond donors (Lipinski definition) is 4. The third-order valence-corrected chi connectivity index (χ3v) is 7.75. The van der Waals surface area contributed by atoms with Crippen molar-refractivity contribution in [1.29, 1.82) is 0 Å². The highest BCUT2D eigenvalue weighted by Gasteiger charge is 2.34. The van der Waals surface area contributed by atoms with E-state index in [0.29, 0.717) is 17.7 Å². The van der Waals surface area contributed by atoms with E-state index in [1.54, 1.807) is 0 Å². The van der Waals surface area contributed by atoms with Gasteiger partial charge < -0.3 is 20.8 Å². The van der Waals surface area contributed by atoms with Gasteiger partial charge in [-0.2, -0.15) is 0 Å². The van der Waals surface area contributed by atoms with Gasteiger partial charge in [0.1, 0.15) is 35.6 Å². The number of carbonyl (C=O) groups is 1. The van der Waals surface area contributed by atoms with Gasteiger partial charge in [0.2, 0.25) is 5.91 Å². The summed E-state index contributed by atoms with van der Waals surface area (Å²) in [5, 5.41) is 9.45. The molecule has 225 valence electrons. The summed E-state index contributed by atoms with van der Waals surface area (Å²) >= 11 is 5.66. The minimum Gasteiger partial charge on any atom is -0.401 e. The quantitative estimate of drug-likeness (QED) is 0.135. The molecular formula is C34H30BClF2N6O+. The van der Waals surface area contributed by atoms with Gasteiger partial charge in [-0.25, -0.2) is 8.78 Å². The van der Waals surface area contributed by atoms with Gasteiger partial charge in [0.05, 0.1) is 0 Å².